The predicted molar refractivity (Wildman–Crippen MR) is 105 cm³/mol. The van der Waals surface area contributed by atoms with Crippen molar-refractivity contribution in [2.24, 2.45) is 5.92 Å². The predicted octanol–water partition coefficient (Wildman–Crippen LogP) is 3.63. The van der Waals surface area contributed by atoms with E-state index in [1.807, 2.05) is 0 Å². The van der Waals surface area contributed by atoms with Crippen molar-refractivity contribution in [2.45, 2.75) is 32.1 Å². The van der Waals surface area contributed by atoms with Gasteiger partial charge in [0.05, 0.1) is 18.8 Å². The first-order chi connectivity index (χ1) is 15.0. The van der Waals surface area contributed by atoms with E-state index in [-0.39, 0.29) is 79.2 Å². The van der Waals surface area contributed by atoms with Crippen LogP contribution in [0.25, 0.3) is 0 Å². The molecule has 0 aliphatic carbocycles. The largest absolute Gasteiger partial charge is 0.465 e. The molecule has 12 heteroatoms. The summed E-state index contributed by atoms with van der Waals surface area (Å²) < 4.78 is 56.0. The lowest BCUT2D eigenvalue weighted by molar-refractivity contribution is -0.142. The highest BCUT2D eigenvalue weighted by Crippen LogP contribution is 2.36. The summed E-state index contributed by atoms with van der Waals surface area (Å²) in [5, 5.41) is 12.8. The van der Waals surface area contributed by atoms with Gasteiger partial charge in [0.1, 0.15) is 5.82 Å². The Morgan fingerprint density at radius 1 is 1.22 bits per heavy atom. The Balaban J connectivity index is 1.55. The van der Waals surface area contributed by atoms with Gasteiger partial charge in [-0.1, -0.05) is 17.7 Å². The zero-order valence-corrected chi connectivity index (χ0v) is 17.5. The van der Waals surface area contributed by atoms with Crippen LogP contribution in [0.3, 0.4) is 0 Å². The third-order valence-electron chi connectivity index (χ3n) is 5.79. The minimum Gasteiger partial charge on any atom is -0.465 e. The van der Waals surface area contributed by atoms with Gasteiger partial charge < -0.3 is 14.9 Å². The monoisotopic (exact) mass is 474 g/mol. The molecule has 0 bridgehead atoms. The van der Waals surface area contributed by atoms with Gasteiger partial charge in [0.25, 0.3) is 0 Å². The van der Waals surface area contributed by atoms with Crippen molar-refractivity contribution < 1.29 is 32.3 Å². The topological polar surface area (TPSA) is 78.7 Å². The highest BCUT2D eigenvalue weighted by atomic mass is 35.5. The molecule has 4 rings (SSSR count). The van der Waals surface area contributed by atoms with Crippen LogP contribution in [0.5, 0.6) is 0 Å². The smallest absolute Gasteiger partial charge is 0.435 e. The second-order valence-corrected chi connectivity index (χ2v) is 8.42. The molecular weight excluding hydrogens is 456 g/mol. The van der Waals surface area contributed by atoms with E-state index in [4.69, 9.17) is 16.7 Å². The number of carboxylic acid groups (broad SMARTS) is 1. The van der Waals surface area contributed by atoms with Gasteiger partial charge in [-0.2, -0.15) is 18.3 Å². The van der Waals surface area contributed by atoms with Crippen LogP contribution < -0.4 is 0 Å². The van der Waals surface area contributed by atoms with E-state index in [0.29, 0.717) is 0 Å². The van der Waals surface area contributed by atoms with Crippen molar-refractivity contribution in [3.8, 4) is 0 Å². The third kappa shape index (κ3) is 4.38. The van der Waals surface area contributed by atoms with Crippen molar-refractivity contribution in [1.29, 1.82) is 0 Å². The number of likely N-dealkylation sites (tertiary alicyclic amines) is 1. The van der Waals surface area contributed by atoms with E-state index >= 15 is 0 Å². The number of aromatic nitrogens is 2. The van der Waals surface area contributed by atoms with E-state index in [0.717, 1.165) is 10.7 Å². The summed E-state index contributed by atoms with van der Waals surface area (Å²) >= 11 is 5.75. The van der Waals surface area contributed by atoms with Crippen molar-refractivity contribution in [1.82, 2.24) is 19.6 Å². The van der Waals surface area contributed by atoms with Gasteiger partial charge in [-0.25, -0.2) is 9.18 Å². The van der Waals surface area contributed by atoms with Crippen molar-refractivity contribution >= 4 is 23.6 Å². The Kier molecular flexibility index (Phi) is 5.78. The second kappa shape index (κ2) is 8.27. The summed E-state index contributed by atoms with van der Waals surface area (Å²) in [7, 11) is 0. The van der Waals surface area contributed by atoms with Crippen LogP contribution in [0.1, 0.15) is 28.9 Å². The van der Waals surface area contributed by atoms with Gasteiger partial charge in [-0.15, -0.1) is 0 Å². The molecule has 1 N–H and O–H groups in total. The normalized spacial score (nSPS) is 16.7. The number of fused-ring (bicyclic) bond motifs is 1. The summed E-state index contributed by atoms with van der Waals surface area (Å²) in [4.78, 5) is 26.2. The highest BCUT2D eigenvalue weighted by Gasteiger charge is 2.41. The summed E-state index contributed by atoms with van der Waals surface area (Å²) in [6.07, 6.45) is -5.63. The van der Waals surface area contributed by atoms with E-state index in [1.54, 1.807) is 0 Å². The first kappa shape index (κ1) is 22.4. The molecule has 0 unspecified atom stereocenters. The maximum Gasteiger partial charge on any atom is 0.435 e. The first-order valence-electron chi connectivity index (χ1n) is 9.88. The molecule has 3 heterocycles. The van der Waals surface area contributed by atoms with Crippen LogP contribution in [-0.2, 0) is 30.5 Å². The summed E-state index contributed by atoms with van der Waals surface area (Å²) in [5.74, 6) is -1.03. The van der Waals surface area contributed by atoms with Crippen LogP contribution in [0.4, 0.5) is 22.4 Å². The molecule has 32 heavy (non-hydrogen) atoms. The number of benzene rings is 1. The molecule has 2 aliphatic heterocycles. The maximum absolute atomic E-state index is 14.2. The maximum atomic E-state index is 14.2. The first-order valence-corrected chi connectivity index (χ1v) is 10.3. The third-order valence-corrected chi connectivity index (χ3v) is 6.02. The van der Waals surface area contributed by atoms with E-state index < -0.39 is 23.8 Å². The Morgan fingerprint density at radius 3 is 2.56 bits per heavy atom. The molecule has 172 valence electrons. The van der Waals surface area contributed by atoms with E-state index in [1.165, 1.54) is 21.9 Å². The zero-order valence-electron chi connectivity index (χ0n) is 16.7. The lowest BCUT2D eigenvalue weighted by Gasteiger charge is -2.38. The number of carbonyl (C=O) groups is 2. The molecule has 2 aliphatic rings. The van der Waals surface area contributed by atoms with Crippen LogP contribution >= 0.6 is 11.6 Å². The minimum atomic E-state index is -4.67. The van der Waals surface area contributed by atoms with Crippen molar-refractivity contribution in [3.63, 3.8) is 0 Å². The van der Waals surface area contributed by atoms with Crippen LogP contribution in [0.2, 0.25) is 5.02 Å². The standard InChI is InChI=1S/C20H19ClF4N4O3/c21-13-2-1-12(15(22)6-13)9-29-16-10-27(4-3-14(16)18(26-29)20(23,24)25)17(30)5-11-7-28(8-11)19(31)32/h1-2,6,11H,3-5,7-10H2,(H,31,32). The Morgan fingerprint density at radius 2 is 1.94 bits per heavy atom. The van der Waals surface area contributed by atoms with Crippen molar-refractivity contribution in [3.05, 3.63) is 51.6 Å². The molecular formula is C20H19ClF4N4O3. The Hall–Kier alpha value is -2.82. The number of rotatable bonds is 4. The Bertz CT molecular complexity index is 1070. The van der Waals surface area contributed by atoms with Gasteiger partial charge in [0.15, 0.2) is 5.69 Å². The van der Waals surface area contributed by atoms with Crippen LogP contribution in [0.15, 0.2) is 18.2 Å². The molecule has 0 radical (unpaired) electrons. The van der Waals surface area contributed by atoms with Crippen LogP contribution in [-0.4, -0.2) is 56.3 Å². The Labute approximate surface area is 185 Å². The van der Waals surface area contributed by atoms with Crippen molar-refractivity contribution in [2.75, 3.05) is 19.6 Å². The lowest BCUT2D eigenvalue weighted by Crippen LogP contribution is -2.51. The fourth-order valence-electron chi connectivity index (χ4n) is 4.09. The molecule has 2 amide bonds. The van der Waals surface area contributed by atoms with E-state index in [9.17, 15) is 27.2 Å². The molecule has 1 aromatic carbocycles. The average Bonchev–Trinajstić information content (AvgIpc) is 3.04. The average molecular weight is 475 g/mol. The molecule has 1 saturated heterocycles. The lowest BCUT2D eigenvalue weighted by atomic mass is 9.95. The van der Waals surface area contributed by atoms with Crippen LogP contribution in [0, 0.1) is 11.7 Å². The van der Waals surface area contributed by atoms with Gasteiger partial charge in [-0.05, 0) is 18.6 Å². The van der Waals surface area contributed by atoms with E-state index in [2.05, 4.69) is 5.10 Å². The van der Waals surface area contributed by atoms with Gasteiger partial charge >= 0.3 is 12.3 Å². The number of alkyl halides is 3. The van der Waals surface area contributed by atoms with Gasteiger partial charge in [0.2, 0.25) is 5.91 Å². The quantitative estimate of drug-likeness (QED) is 0.686. The van der Waals surface area contributed by atoms with Gasteiger partial charge in [0, 0.05) is 48.1 Å². The molecule has 7 nitrogen and oxygen atoms in total. The molecule has 1 fully saturated rings. The minimum absolute atomic E-state index is 0.0108. The number of halogens is 5. The molecule has 1 aromatic heterocycles. The number of nitrogens with zero attached hydrogens (tertiary/aromatic N) is 4. The fourth-order valence-corrected chi connectivity index (χ4v) is 4.25. The summed E-state index contributed by atoms with van der Waals surface area (Å²) in [6.45, 7) is 0.297. The molecule has 2 aromatic rings. The summed E-state index contributed by atoms with van der Waals surface area (Å²) in [5.41, 5.74) is -0.672. The SMILES string of the molecule is O=C(O)N1CC(CC(=O)N2CCc3c(C(F)(F)F)nn(Cc4ccc(Cl)cc4F)c3C2)C1. The molecule has 0 atom stereocenters. The second-order valence-electron chi connectivity index (χ2n) is 7.99. The fraction of sp³-hybridized carbons (Fsp3) is 0.450. The number of carbonyl (C=O) groups excluding carboxylic acids is 1. The van der Waals surface area contributed by atoms with Gasteiger partial charge in [-0.3, -0.25) is 9.48 Å². The summed E-state index contributed by atoms with van der Waals surface area (Å²) in [6, 6.07) is 3.90. The number of amides is 2. The zero-order chi connectivity index (χ0) is 23.2. The highest BCUT2D eigenvalue weighted by molar-refractivity contribution is 6.30. The number of hydrogen-bond donors (Lipinski definition) is 1. The molecule has 0 spiro atoms. The molecule has 0 saturated carbocycles. The number of hydrogen-bond acceptors (Lipinski definition) is 3.